The van der Waals surface area contributed by atoms with Gasteiger partial charge in [-0.15, -0.1) is 0 Å². The Bertz CT molecular complexity index is 1300. The van der Waals surface area contributed by atoms with Crippen LogP contribution in [0.5, 0.6) is 0 Å². The lowest BCUT2D eigenvalue weighted by Gasteiger charge is -2.32. The fraction of sp³-hybridized carbons (Fsp3) is 0.227. The molecule has 1 unspecified atom stereocenters. The van der Waals surface area contributed by atoms with Crippen molar-refractivity contribution < 1.29 is 22.0 Å². The van der Waals surface area contributed by atoms with Crippen molar-refractivity contribution >= 4 is 27.6 Å². The van der Waals surface area contributed by atoms with Crippen LogP contribution < -0.4 is 10.5 Å². The number of hydrogen-bond donors (Lipinski definition) is 2. The number of piperidine rings is 1. The van der Waals surface area contributed by atoms with Crippen molar-refractivity contribution in [3.8, 4) is 0 Å². The van der Waals surface area contributed by atoms with E-state index in [0.29, 0.717) is 24.7 Å². The van der Waals surface area contributed by atoms with E-state index >= 15 is 0 Å². The smallest absolute Gasteiger partial charge is 0.261 e. The van der Waals surface area contributed by atoms with Crippen molar-refractivity contribution in [2.24, 2.45) is 0 Å². The van der Waals surface area contributed by atoms with Gasteiger partial charge in [0, 0.05) is 36.5 Å². The van der Waals surface area contributed by atoms with E-state index in [1.807, 2.05) is 0 Å². The summed E-state index contributed by atoms with van der Waals surface area (Å²) < 4.78 is 54.0. The predicted octanol–water partition coefficient (Wildman–Crippen LogP) is 3.16. The lowest BCUT2D eigenvalue weighted by Crippen LogP contribution is -2.39. The number of nitrogens with two attached hydrogens (primary N) is 1. The topological polar surface area (TPSA) is 118 Å². The largest absolute Gasteiger partial charge is 0.368 e. The van der Waals surface area contributed by atoms with Crippen LogP contribution in [0.15, 0.2) is 59.6 Å². The number of amides is 1. The summed E-state index contributed by atoms with van der Waals surface area (Å²) in [6.45, 7) is 1.00. The molecule has 33 heavy (non-hydrogen) atoms. The molecule has 11 heteroatoms. The second-order valence-corrected chi connectivity index (χ2v) is 9.37. The minimum Gasteiger partial charge on any atom is -0.368 e. The normalized spacial score (nSPS) is 16.4. The van der Waals surface area contributed by atoms with Gasteiger partial charge < -0.3 is 10.6 Å². The highest BCUT2D eigenvalue weighted by Crippen LogP contribution is 2.27. The number of nitrogens with one attached hydrogen (secondary N) is 1. The number of aromatic nitrogens is 2. The van der Waals surface area contributed by atoms with Gasteiger partial charge in [0.1, 0.15) is 0 Å². The third-order valence-electron chi connectivity index (χ3n) is 5.39. The zero-order valence-corrected chi connectivity index (χ0v) is 18.2. The van der Waals surface area contributed by atoms with E-state index in [-0.39, 0.29) is 23.5 Å². The average Bonchev–Trinajstić information content (AvgIpc) is 2.80. The van der Waals surface area contributed by atoms with Crippen molar-refractivity contribution in [2.75, 3.05) is 23.5 Å². The van der Waals surface area contributed by atoms with Gasteiger partial charge in [-0.25, -0.2) is 27.2 Å². The first-order chi connectivity index (χ1) is 15.7. The van der Waals surface area contributed by atoms with Crippen molar-refractivity contribution in [3.05, 3.63) is 77.6 Å². The Kier molecular flexibility index (Phi) is 6.23. The fourth-order valence-corrected chi connectivity index (χ4v) is 4.84. The van der Waals surface area contributed by atoms with Gasteiger partial charge in [-0.3, -0.25) is 9.52 Å². The van der Waals surface area contributed by atoms with Gasteiger partial charge in [0.05, 0.1) is 10.6 Å². The molecule has 0 spiro atoms. The molecule has 3 aromatic rings. The predicted molar refractivity (Wildman–Crippen MR) is 118 cm³/mol. The van der Waals surface area contributed by atoms with Gasteiger partial charge in [0.15, 0.2) is 11.6 Å². The molecule has 1 aliphatic rings. The zero-order chi connectivity index (χ0) is 23.6. The summed E-state index contributed by atoms with van der Waals surface area (Å²) in [6.07, 6.45) is 3.22. The number of halogens is 2. The van der Waals surface area contributed by atoms with Gasteiger partial charge in [0.25, 0.3) is 15.9 Å². The standard InChI is InChI=1S/C22H21F2N5O3S/c23-18-7-6-17(12-19(18)24)33(31,32)28-16-5-1-3-14(11-16)21(30)29-10-2-4-15(13-29)20-8-9-26-22(25)27-20/h1,3,5-9,11-12,15,28H,2,4,10,13H2,(H2,25,26,27). The van der Waals surface area contributed by atoms with Gasteiger partial charge in [-0.2, -0.15) is 0 Å². The number of hydrogen-bond acceptors (Lipinski definition) is 6. The van der Waals surface area contributed by atoms with E-state index < -0.39 is 26.6 Å². The number of nitrogen functional groups attached to an aromatic ring is 1. The number of likely N-dealkylation sites (tertiary alicyclic amines) is 1. The van der Waals surface area contributed by atoms with Gasteiger partial charge in [-0.05, 0) is 55.3 Å². The maximum absolute atomic E-state index is 13.5. The zero-order valence-electron chi connectivity index (χ0n) is 17.4. The number of anilines is 2. The summed E-state index contributed by atoms with van der Waals surface area (Å²) in [5.74, 6) is -2.48. The summed E-state index contributed by atoms with van der Waals surface area (Å²) >= 11 is 0. The van der Waals surface area contributed by atoms with Crippen LogP contribution >= 0.6 is 0 Å². The van der Waals surface area contributed by atoms with Crippen LogP contribution in [0.4, 0.5) is 20.4 Å². The average molecular weight is 474 g/mol. The summed E-state index contributed by atoms with van der Waals surface area (Å²) in [7, 11) is -4.18. The first-order valence-corrected chi connectivity index (χ1v) is 11.7. The van der Waals surface area contributed by atoms with E-state index in [0.717, 1.165) is 30.7 Å². The van der Waals surface area contributed by atoms with Crippen LogP contribution in [0.25, 0.3) is 0 Å². The maximum Gasteiger partial charge on any atom is 0.261 e. The lowest BCUT2D eigenvalue weighted by molar-refractivity contribution is 0.0706. The summed E-state index contributed by atoms with van der Waals surface area (Å²) in [5.41, 5.74) is 6.87. The highest BCUT2D eigenvalue weighted by molar-refractivity contribution is 7.92. The molecule has 1 atom stereocenters. The monoisotopic (exact) mass is 473 g/mol. The van der Waals surface area contributed by atoms with Crippen LogP contribution in [-0.2, 0) is 10.0 Å². The molecule has 3 N–H and O–H groups in total. The molecule has 0 bridgehead atoms. The highest BCUT2D eigenvalue weighted by Gasteiger charge is 2.27. The van der Waals surface area contributed by atoms with Crippen LogP contribution in [0.3, 0.4) is 0 Å². The van der Waals surface area contributed by atoms with Crippen molar-refractivity contribution in [1.29, 1.82) is 0 Å². The van der Waals surface area contributed by atoms with Gasteiger partial charge >= 0.3 is 0 Å². The van der Waals surface area contributed by atoms with Gasteiger partial charge in [0.2, 0.25) is 5.95 Å². The van der Waals surface area contributed by atoms with E-state index in [9.17, 15) is 22.0 Å². The Morgan fingerprint density at radius 2 is 1.94 bits per heavy atom. The molecule has 4 rings (SSSR count). The number of nitrogens with zero attached hydrogens (tertiary/aromatic N) is 3. The summed E-state index contributed by atoms with van der Waals surface area (Å²) in [5, 5.41) is 0. The number of carbonyl (C=O) groups is 1. The molecule has 0 saturated carbocycles. The first-order valence-electron chi connectivity index (χ1n) is 10.2. The molecule has 2 heterocycles. The van der Waals surface area contributed by atoms with Gasteiger partial charge in [-0.1, -0.05) is 6.07 Å². The molecule has 8 nitrogen and oxygen atoms in total. The van der Waals surface area contributed by atoms with Crippen LogP contribution in [-0.4, -0.2) is 42.3 Å². The first kappa shape index (κ1) is 22.6. The Hall–Kier alpha value is -3.60. The van der Waals surface area contributed by atoms with E-state index in [2.05, 4.69) is 14.7 Å². The second-order valence-electron chi connectivity index (χ2n) is 7.69. The summed E-state index contributed by atoms with van der Waals surface area (Å²) in [4.78, 5) is 22.5. The molecule has 0 aliphatic carbocycles. The van der Waals surface area contributed by atoms with Crippen LogP contribution in [0, 0.1) is 11.6 Å². The number of benzene rings is 2. The lowest BCUT2D eigenvalue weighted by atomic mass is 9.94. The highest BCUT2D eigenvalue weighted by atomic mass is 32.2. The van der Waals surface area contributed by atoms with E-state index in [1.54, 1.807) is 29.3 Å². The molecule has 0 radical (unpaired) electrons. The Morgan fingerprint density at radius 1 is 1.12 bits per heavy atom. The molecule has 2 aromatic carbocycles. The number of sulfonamides is 1. The van der Waals surface area contributed by atoms with Crippen LogP contribution in [0.2, 0.25) is 0 Å². The molecular weight excluding hydrogens is 452 g/mol. The third-order valence-corrected chi connectivity index (χ3v) is 6.76. The van der Waals surface area contributed by atoms with E-state index in [1.165, 1.54) is 12.1 Å². The van der Waals surface area contributed by atoms with E-state index in [4.69, 9.17) is 5.73 Å². The Morgan fingerprint density at radius 3 is 2.70 bits per heavy atom. The molecular formula is C22H21F2N5O3S. The van der Waals surface area contributed by atoms with Crippen LogP contribution in [0.1, 0.15) is 34.8 Å². The third kappa shape index (κ3) is 5.08. The molecule has 172 valence electrons. The van der Waals surface area contributed by atoms with Crippen molar-refractivity contribution in [3.63, 3.8) is 0 Å². The number of carbonyl (C=O) groups excluding carboxylic acids is 1. The quantitative estimate of drug-likeness (QED) is 0.588. The molecule has 1 aliphatic heterocycles. The van der Waals surface area contributed by atoms with Crippen molar-refractivity contribution in [1.82, 2.24) is 14.9 Å². The molecule has 1 amide bonds. The molecule has 1 aromatic heterocycles. The second kappa shape index (κ2) is 9.10. The fourth-order valence-electron chi connectivity index (χ4n) is 3.78. The maximum atomic E-state index is 13.5. The van der Waals surface area contributed by atoms with Crippen molar-refractivity contribution in [2.45, 2.75) is 23.7 Å². The number of rotatable bonds is 5. The minimum atomic E-state index is -4.18. The molecule has 1 saturated heterocycles. The SMILES string of the molecule is Nc1nccc(C2CCCN(C(=O)c3cccc(NS(=O)(=O)c4ccc(F)c(F)c4)c3)C2)n1. The summed E-state index contributed by atoms with van der Waals surface area (Å²) in [6, 6.07) is 10.1. The Balaban J connectivity index is 1.51. The Labute approximate surface area is 189 Å². The molecule has 1 fully saturated rings. The minimum absolute atomic E-state index is 0.0167.